The van der Waals surface area contributed by atoms with Gasteiger partial charge in [0, 0.05) is 25.2 Å². The SMILES string of the molecule is CN1CCC(CN(C)C2(CN)CCCCC2(C)C)C1. The Bertz CT molecular complexity index is 302. The molecule has 0 amide bonds. The number of likely N-dealkylation sites (tertiary alicyclic amines) is 1. The molecule has 1 saturated heterocycles. The first-order chi connectivity index (χ1) is 8.91. The van der Waals surface area contributed by atoms with Crippen molar-refractivity contribution in [2.45, 2.75) is 51.5 Å². The molecular formula is C16H33N3. The summed E-state index contributed by atoms with van der Waals surface area (Å²) in [6.07, 6.45) is 6.65. The van der Waals surface area contributed by atoms with Gasteiger partial charge in [0.25, 0.3) is 0 Å². The maximum absolute atomic E-state index is 6.26. The third-order valence-electron chi connectivity index (χ3n) is 5.99. The number of rotatable bonds is 4. The Morgan fingerprint density at radius 1 is 1.26 bits per heavy atom. The van der Waals surface area contributed by atoms with Gasteiger partial charge in [-0.2, -0.15) is 0 Å². The zero-order valence-corrected chi connectivity index (χ0v) is 13.4. The van der Waals surface area contributed by atoms with Crippen LogP contribution in [0, 0.1) is 11.3 Å². The molecule has 0 aromatic carbocycles. The second-order valence-corrected chi connectivity index (χ2v) is 7.62. The summed E-state index contributed by atoms with van der Waals surface area (Å²) >= 11 is 0. The first kappa shape index (κ1) is 15.3. The van der Waals surface area contributed by atoms with Gasteiger partial charge in [0.2, 0.25) is 0 Å². The normalized spacial score (nSPS) is 36.0. The molecule has 2 aliphatic rings. The van der Waals surface area contributed by atoms with Crippen LogP contribution in [-0.4, -0.2) is 55.6 Å². The lowest BCUT2D eigenvalue weighted by Crippen LogP contribution is -2.63. The number of hydrogen-bond acceptors (Lipinski definition) is 3. The lowest BCUT2D eigenvalue weighted by atomic mass is 9.62. The van der Waals surface area contributed by atoms with E-state index in [1.54, 1.807) is 0 Å². The zero-order chi connectivity index (χ0) is 14.1. The summed E-state index contributed by atoms with van der Waals surface area (Å²) in [5.74, 6) is 0.830. The maximum atomic E-state index is 6.26. The van der Waals surface area contributed by atoms with Crippen LogP contribution in [0.1, 0.15) is 46.0 Å². The molecule has 0 radical (unpaired) electrons. The first-order valence-corrected chi connectivity index (χ1v) is 8.01. The minimum atomic E-state index is 0.215. The third-order valence-corrected chi connectivity index (χ3v) is 5.99. The van der Waals surface area contributed by atoms with Crippen LogP contribution in [-0.2, 0) is 0 Å². The van der Waals surface area contributed by atoms with Gasteiger partial charge in [-0.15, -0.1) is 0 Å². The van der Waals surface area contributed by atoms with E-state index in [2.05, 4.69) is 37.7 Å². The highest BCUT2D eigenvalue weighted by Crippen LogP contribution is 2.46. The molecule has 3 nitrogen and oxygen atoms in total. The fourth-order valence-electron chi connectivity index (χ4n) is 4.53. The van der Waals surface area contributed by atoms with E-state index in [1.165, 1.54) is 51.7 Å². The minimum absolute atomic E-state index is 0.215. The van der Waals surface area contributed by atoms with E-state index in [1.807, 2.05) is 0 Å². The smallest absolute Gasteiger partial charge is 0.0379 e. The molecule has 0 aromatic heterocycles. The van der Waals surface area contributed by atoms with Gasteiger partial charge in [-0.05, 0) is 51.2 Å². The Kier molecular flexibility index (Phi) is 4.59. The molecule has 0 bridgehead atoms. The Hall–Kier alpha value is -0.120. The van der Waals surface area contributed by atoms with Crippen LogP contribution in [0.3, 0.4) is 0 Å². The number of nitrogens with zero attached hydrogens (tertiary/aromatic N) is 2. The minimum Gasteiger partial charge on any atom is -0.329 e. The van der Waals surface area contributed by atoms with Gasteiger partial charge in [-0.3, -0.25) is 4.90 Å². The summed E-state index contributed by atoms with van der Waals surface area (Å²) in [6.45, 7) is 9.39. The van der Waals surface area contributed by atoms with E-state index in [-0.39, 0.29) is 5.54 Å². The summed E-state index contributed by atoms with van der Waals surface area (Å²) in [7, 11) is 4.56. The van der Waals surface area contributed by atoms with E-state index >= 15 is 0 Å². The molecule has 1 aliphatic carbocycles. The van der Waals surface area contributed by atoms with Gasteiger partial charge >= 0.3 is 0 Å². The van der Waals surface area contributed by atoms with E-state index in [4.69, 9.17) is 5.73 Å². The average Bonchev–Trinajstić information content (AvgIpc) is 2.74. The monoisotopic (exact) mass is 267 g/mol. The number of likely N-dealkylation sites (N-methyl/N-ethyl adjacent to an activating group) is 1. The Morgan fingerprint density at radius 3 is 2.47 bits per heavy atom. The highest BCUT2D eigenvalue weighted by Gasteiger charge is 2.48. The molecule has 112 valence electrons. The average molecular weight is 267 g/mol. The molecule has 0 aromatic rings. The molecule has 2 unspecified atom stereocenters. The highest BCUT2D eigenvalue weighted by atomic mass is 15.2. The molecule has 1 saturated carbocycles. The Labute approximate surface area is 119 Å². The van der Waals surface area contributed by atoms with Crippen LogP contribution in [0.4, 0.5) is 0 Å². The lowest BCUT2D eigenvalue weighted by molar-refractivity contribution is -0.0352. The molecule has 2 atom stereocenters. The molecule has 3 heteroatoms. The van der Waals surface area contributed by atoms with Gasteiger partial charge in [0.15, 0.2) is 0 Å². The van der Waals surface area contributed by atoms with Gasteiger partial charge in [-0.25, -0.2) is 0 Å². The molecule has 2 fully saturated rings. The summed E-state index contributed by atoms with van der Waals surface area (Å²) in [4.78, 5) is 5.08. The van der Waals surface area contributed by atoms with E-state index in [0.29, 0.717) is 5.41 Å². The van der Waals surface area contributed by atoms with Crippen molar-refractivity contribution >= 4 is 0 Å². The first-order valence-electron chi connectivity index (χ1n) is 8.01. The van der Waals surface area contributed by atoms with Crippen molar-refractivity contribution < 1.29 is 0 Å². The summed E-state index contributed by atoms with van der Waals surface area (Å²) < 4.78 is 0. The van der Waals surface area contributed by atoms with Crippen LogP contribution in [0.2, 0.25) is 0 Å². The van der Waals surface area contributed by atoms with Crippen molar-refractivity contribution in [2.24, 2.45) is 17.1 Å². The fraction of sp³-hybridized carbons (Fsp3) is 1.00. The summed E-state index contributed by atoms with van der Waals surface area (Å²) in [5, 5.41) is 0. The topological polar surface area (TPSA) is 32.5 Å². The second kappa shape index (κ2) is 5.71. The molecule has 1 aliphatic heterocycles. The quantitative estimate of drug-likeness (QED) is 0.847. The second-order valence-electron chi connectivity index (χ2n) is 7.62. The number of nitrogens with two attached hydrogens (primary N) is 1. The third kappa shape index (κ3) is 2.84. The largest absolute Gasteiger partial charge is 0.329 e. The fourth-order valence-corrected chi connectivity index (χ4v) is 4.53. The van der Waals surface area contributed by atoms with Crippen LogP contribution in [0.5, 0.6) is 0 Å². The lowest BCUT2D eigenvalue weighted by Gasteiger charge is -2.55. The predicted molar refractivity (Wildman–Crippen MR) is 82.3 cm³/mol. The van der Waals surface area contributed by atoms with Crippen molar-refractivity contribution in [1.82, 2.24) is 9.80 Å². The standard InChI is InChI=1S/C16H33N3/c1-15(2)8-5-6-9-16(15,13-17)19(4)12-14-7-10-18(3)11-14/h14H,5-13,17H2,1-4H3. The zero-order valence-electron chi connectivity index (χ0n) is 13.4. The van der Waals surface area contributed by atoms with E-state index in [9.17, 15) is 0 Å². The molecule has 2 N–H and O–H groups in total. The maximum Gasteiger partial charge on any atom is 0.0379 e. The van der Waals surface area contributed by atoms with Crippen molar-refractivity contribution in [1.29, 1.82) is 0 Å². The summed E-state index contributed by atoms with van der Waals surface area (Å²) in [6, 6.07) is 0. The van der Waals surface area contributed by atoms with Crippen LogP contribution in [0.15, 0.2) is 0 Å². The van der Waals surface area contributed by atoms with Crippen LogP contribution < -0.4 is 5.73 Å². The summed E-state index contributed by atoms with van der Waals surface area (Å²) in [5.41, 5.74) is 6.83. The molecule has 0 spiro atoms. The Morgan fingerprint density at radius 2 is 1.95 bits per heavy atom. The van der Waals surface area contributed by atoms with Gasteiger partial charge < -0.3 is 10.6 Å². The molecule has 19 heavy (non-hydrogen) atoms. The van der Waals surface area contributed by atoms with Crippen molar-refractivity contribution in [3.8, 4) is 0 Å². The van der Waals surface area contributed by atoms with E-state index in [0.717, 1.165) is 12.5 Å². The van der Waals surface area contributed by atoms with Gasteiger partial charge in [0.1, 0.15) is 0 Å². The molecule has 1 heterocycles. The van der Waals surface area contributed by atoms with Crippen LogP contribution >= 0.6 is 0 Å². The van der Waals surface area contributed by atoms with Crippen molar-refractivity contribution in [2.75, 3.05) is 40.3 Å². The molecule has 2 rings (SSSR count). The van der Waals surface area contributed by atoms with Crippen molar-refractivity contribution in [3.63, 3.8) is 0 Å². The van der Waals surface area contributed by atoms with E-state index < -0.39 is 0 Å². The predicted octanol–water partition coefficient (Wildman–Crippen LogP) is 2.17. The van der Waals surface area contributed by atoms with Crippen molar-refractivity contribution in [3.05, 3.63) is 0 Å². The van der Waals surface area contributed by atoms with Gasteiger partial charge in [-0.1, -0.05) is 26.7 Å². The van der Waals surface area contributed by atoms with Gasteiger partial charge in [0.05, 0.1) is 0 Å². The van der Waals surface area contributed by atoms with Crippen LogP contribution in [0.25, 0.3) is 0 Å². The molecular weight excluding hydrogens is 234 g/mol. The highest BCUT2D eigenvalue weighted by molar-refractivity contribution is 5.04. The number of hydrogen-bond donors (Lipinski definition) is 1. The Balaban J connectivity index is 2.07.